The molecule has 0 spiro atoms. The van der Waals surface area contributed by atoms with Gasteiger partial charge in [-0.2, -0.15) is 0 Å². The quantitative estimate of drug-likeness (QED) is 0.793. The molecule has 2 saturated heterocycles. The molecule has 118 valence electrons. The van der Waals surface area contributed by atoms with Gasteiger partial charge >= 0.3 is 0 Å². The number of benzene rings is 1. The first-order valence-electron chi connectivity index (χ1n) is 6.58. The molecular weight excluding hydrogens is 345 g/mol. The van der Waals surface area contributed by atoms with Gasteiger partial charge in [-0.15, -0.1) is 12.4 Å². The molecule has 5 nitrogen and oxygen atoms in total. The van der Waals surface area contributed by atoms with E-state index in [1.807, 2.05) is 12.1 Å². The van der Waals surface area contributed by atoms with Crippen LogP contribution in [0.15, 0.2) is 23.1 Å². The van der Waals surface area contributed by atoms with Crippen LogP contribution >= 0.6 is 35.8 Å². The average Bonchev–Trinajstić information content (AvgIpc) is 2.98. The van der Waals surface area contributed by atoms with Crippen molar-refractivity contribution >= 4 is 58.7 Å². The summed E-state index contributed by atoms with van der Waals surface area (Å²) < 4.78 is 0. The Morgan fingerprint density at radius 2 is 2.18 bits per heavy atom. The fraction of sp³-hybridized carbons (Fsp3) is 0.286. The number of rotatable bonds is 2. The zero-order chi connectivity index (χ0) is 15.0. The van der Waals surface area contributed by atoms with Crippen LogP contribution in [0.2, 0.25) is 5.02 Å². The Hall–Kier alpha value is -1.21. The van der Waals surface area contributed by atoms with Gasteiger partial charge in [-0.25, -0.2) is 0 Å². The van der Waals surface area contributed by atoms with E-state index in [4.69, 9.17) is 17.3 Å². The Bertz CT molecular complexity index is 651. The molecule has 8 heteroatoms. The van der Waals surface area contributed by atoms with Crippen molar-refractivity contribution in [3.63, 3.8) is 0 Å². The van der Waals surface area contributed by atoms with E-state index in [1.165, 1.54) is 0 Å². The number of amides is 2. The number of thioether (sulfide) groups is 1. The van der Waals surface area contributed by atoms with Crippen LogP contribution < -0.4 is 16.0 Å². The Morgan fingerprint density at radius 1 is 1.41 bits per heavy atom. The molecule has 1 aromatic rings. The van der Waals surface area contributed by atoms with Crippen LogP contribution in [-0.4, -0.2) is 30.3 Å². The van der Waals surface area contributed by atoms with E-state index >= 15 is 0 Å². The second-order valence-electron chi connectivity index (χ2n) is 5.05. The van der Waals surface area contributed by atoms with Crippen molar-refractivity contribution < 1.29 is 9.59 Å². The molecule has 0 aromatic heterocycles. The first-order chi connectivity index (χ1) is 10.0. The lowest BCUT2D eigenvalue weighted by molar-refractivity contribution is -0.115. The number of hydrogen-bond donors (Lipinski definition) is 2. The van der Waals surface area contributed by atoms with E-state index in [0.29, 0.717) is 9.93 Å². The number of nitrogens with one attached hydrogen (secondary N) is 1. The average molecular weight is 360 g/mol. The molecule has 1 atom stereocenters. The van der Waals surface area contributed by atoms with Crippen LogP contribution in [-0.2, 0) is 4.79 Å². The third kappa shape index (κ3) is 3.57. The fourth-order valence-electron chi connectivity index (χ4n) is 2.48. The summed E-state index contributed by atoms with van der Waals surface area (Å²) in [5.74, 6) is -0.357. The summed E-state index contributed by atoms with van der Waals surface area (Å²) in [6, 6.07) is 5.64. The highest BCUT2D eigenvalue weighted by Crippen LogP contribution is 2.32. The smallest absolute Gasteiger partial charge is 0.290 e. The molecule has 0 aliphatic carbocycles. The van der Waals surface area contributed by atoms with E-state index in [9.17, 15) is 9.59 Å². The van der Waals surface area contributed by atoms with E-state index < -0.39 is 0 Å². The van der Waals surface area contributed by atoms with E-state index in [-0.39, 0.29) is 29.6 Å². The van der Waals surface area contributed by atoms with Crippen molar-refractivity contribution in [1.82, 2.24) is 5.32 Å². The van der Waals surface area contributed by atoms with Crippen molar-refractivity contribution in [3.8, 4) is 0 Å². The Labute approximate surface area is 143 Å². The molecule has 2 aliphatic rings. The van der Waals surface area contributed by atoms with Crippen molar-refractivity contribution in [2.24, 2.45) is 5.73 Å². The highest BCUT2D eigenvalue weighted by molar-refractivity contribution is 8.18. The minimum Gasteiger partial charge on any atom is -0.369 e. The van der Waals surface area contributed by atoms with Gasteiger partial charge in [0.15, 0.2) is 0 Å². The largest absolute Gasteiger partial charge is 0.369 e. The normalized spacial score (nSPS) is 22.9. The van der Waals surface area contributed by atoms with Gasteiger partial charge in [0.25, 0.3) is 11.1 Å². The van der Waals surface area contributed by atoms with E-state index in [2.05, 4.69) is 10.2 Å². The number of carbonyl (C=O) groups excluding carboxylic acids is 2. The standard InChI is InChI=1S/C14H14ClN3O2S.ClH/c15-9-2-1-8(5-12-13(19)17-14(20)21-12)11(6-9)18-4-3-10(16)7-18;/h1-2,5-6,10H,3-4,7,16H2,(H,17,19,20);1H. The number of nitrogens with zero attached hydrogens (tertiary/aromatic N) is 1. The predicted molar refractivity (Wildman–Crippen MR) is 92.6 cm³/mol. The van der Waals surface area contributed by atoms with Crippen LogP contribution in [0.5, 0.6) is 0 Å². The van der Waals surface area contributed by atoms with Gasteiger partial charge in [0.05, 0.1) is 4.91 Å². The molecule has 3 rings (SSSR count). The van der Waals surface area contributed by atoms with E-state index in [0.717, 1.165) is 42.5 Å². The summed E-state index contributed by atoms with van der Waals surface area (Å²) in [6.45, 7) is 1.62. The third-order valence-electron chi connectivity index (χ3n) is 3.49. The number of anilines is 1. The van der Waals surface area contributed by atoms with Crippen LogP contribution in [0.1, 0.15) is 12.0 Å². The first kappa shape index (κ1) is 17.1. The van der Waals surface area contributed by atoms with Gasteiger partial charge in [-0.3, -0.25) is 14.9 Å². The summed E-state index contributed by atoms with van der Waals surface area (Å²) in [6.07, 6.45) is 2.65. The van der Waals surface area contributed by atoms with Crippen molar-refractivity contribution in [1.29, 1.82) is 0 Å². The molecule has 2 heterocycles. The third-order valence-corrected chi connectivity index (χ3v) is 4.53. The SMILES string of the molecule is Cl.NC1CCN(c2cc(Cl)ccc2C=C2SC(=O)NC2=O)C1. The van der Waals surface area contributed by atoms with Gasteiger partial charge in [0, 0.05) is 29.8 Å². The maximum Gasteiger partial charge on any atom is 0.290 e. The van der Waals surface area contributed by atoms with Crippen LogP contribution in [0.4, 0.5) is 10.5 Å². The zero-order valence-electron chi connectivity index (χ0n) is 11.5. The molecule has 0 bridgehead atoms. The van der Waals surface area contributed by atoms with Crippen molar-refractivity contribution in [2.45, 2.75) is 12.5 Å². The van der Waals surface area contributed by atoms with Crippen LogP contribution in [0.25, 0.3) is 6.08 Å². The monoisotopic (exact) mass is 359 g/mol. The van der Waals surface area contributed by atoms with Gasteiger partial charge in [0.1, 0.15) is 0 Å². The summed E-state index contributed by atoms with van der Waals surface area (Å²) in [7, 11) is 0. The Balaban J connectivity index is 0.00000176. The van der Waals surface area contributed by atoms with Crippen molar-refractivity contribution in [2.75, 3.05) is 18.0 Å². The molecule has 3 N–H and O–H groups in total. The Kier molecular flexibility index (Phi) is 5.39. The highest BCUT2D eigenvalue weighted by atomic mass is 35.5. The maximum atomic E-state index is 11.7. The zero-order valence-corrected chi connectivity index (χ0v) is 13.9. The molecular formula is C14H15Cl2N3O2S. The van der Waals surface area contributed by atoms with Crippen molar-refractivity contribution in [3.05, 3.63) is 33.7 Å². The lowest BCUT2D eigenvalue weighted by Crippen LogP contribution is -2.26. The highest BCUT2D eigenvalue weighted by Gasteiger charge is 2.26. The number of nitrogens with two attached hydrogens (primary N) is 1. The number of imide groups is 1. The molecule has 0 saturated carbocycles. The molecule has 0 radical (unpaired) electrons. The molecule has 22 heavy (non-hydrogen) atoms. The van der Waals surface area contributed by atoms with E-state index in [1.54, 1.807) is 12.1 Å². The number of carbonyl (C=O) groups is 2. The predicted octanol–water partition coefficient (Wildman–Crippen LogP) is 2.62. The number of halogens is 2. The minimum atomic E-state index is -0.357. The summed E-state index contributed by atoms with van der Waals surface area (Å²) in [5.41, 5.74) is 7.75. The molecule has 2 fully saturated rings. The fourth-order valence-corrected chi connectivity index (χ4v) is 3.32. The summed E-state index contributed by atoms with van der Waals surface area (Å²) in [4.78, 5) is 25.4. The molecule has 1 unspecified atom stereocenters. The van der Waals surface area contributed by atoms with Gasteiger partial charge < -0.3 is 10.6 Å². The summed E-state index contributed by atoms with van der Waals surface area (Å²) >= 11 is 6.99. The van der Waals surface area contributed by atoms with Gasteiger partial charge in [-0.1, -0.05) is 17.7 Å². The summed E-state index contributed by atoms with van der Waals surface area (Å²) in [5, 5.41) is 2.54. The molecule has 2 amide bonds. The number of hydrogen-bond acceptors (Lipinski definition) is 5. The second kappa shape index (κ2) is 6.91. The lowest BCUT2D eigenvalue weighted by atomic mass is 10.1. The minimum absolute atomic E-state index is 0. The lowest BCUT2D eigenvalue weighted by Gasteiger charge is -2.21. The Morgan fingerprint density at radius 3 is 2.77 bits per heavy atom. The van der Waals surface area contributed by atoms with Crippen LogP contribution in [0, 0.1) is 0 Å². The van der Waals surface area contributed by atoms with Gasteiger partial charge in [-0.05, 0) is 42.0 Å². The van der Waals surface area contributed by atoms with Gasteiger partial charge in [0.2, 0.25) is 0 Å². The molecule has 2 aliphatic heterocycles. The topological polar surface area (TPSA) is 75.4 Å². The first-order valence-corrected chi connectivity index (χ1v) is 7.77. The van der Waals surface area contributed by atoms with Crippen LogP contribution in [0.3, 0.4) is 0 Å². The molecule has 1 aromatic carbocycles. The second-order valence-corrected chi connectivity index (χ2v) is 6.50. The maximum absolute atomic E-state index is 11.7.